The van der Waals surface area contributed by atoms with Crippen LogP contribution in [0.1, 0.15) is 65.7 Å². The van der Waals surface area contributed by atoms with E-state index in [4.69, 9.17) is 9.47 Å². The van der Waals surface area contributed by atoms with Gasteiger partial charge in [-0.2, -0.15) is 0 Å². The molecule has 2 saturated heterocycles. The van der Waals surface area contributed by atoms with Crippen LogP contribution in [0.3, 0.4) is 0 Å². The van der Waals surface area contributed by atoms with Gasteiger partial charge in [-0.25, -0.2) is 0 Å². The van der Waals surface area contributed by atoms with Crippen molar-refractivity contribution in [3.63, 3.8) is 0 Å². The quantitative estimate of drug-likeness (QED) is 0.447. The third-order valence-electron chi connectivity index (χ3n) is 11.3. The van der Waals surface area contributed by atoms with E-state index in [0.29, 0.717) is 25.4 Å². The van der Waals surface area contributed by atoms with E-state index in [0.717, 1.165) is 37.7 Å². The fourth-order valence-electron chi connectivity index (χ4n) is 9.76. The van der Waals surface area contributed by atoms with Gasteiger partial charge < -0.3 is 29.9 Å². The van der Waals surface area contributed by atoms with E-state index in [1.54, 1.807) is 0 Å². The summed E-state index contributed by atoms with van der Waals surface area (Å²) in [5, 5.41) is 43.9. The molecule has 33 heavy (non-hydrogen) atoms. The number of rotatable bonds is 1. The summed E-state index contributed by atoms with van der Waals surface area (Å²) in [5.41, 5.74) is 0.734. The van der Waals surface area contributed by atoms with Crippen LogP contribution in [-0.2, 0) is 9.47 Å². The zero-order valence-electron chi connectivity index (χ0n) is 20.3. The van der Waals surface area contributed by atoms with Crippen LogP contribution in [0.25, 0.3) is 0 Å². The highest BCUT2D eigenvalue weighted by molar-refractivity contribution is 5.30. The number of aliphatic hydroxyl groups excluding tert-OH is 4. The number of hydrogen-bond donors (Lipinski definition) is 4. The van der Waals surface area contributed by atoms with Gasteiger partial charge >= 0.3 is 0 Å². The Bertz CT molecular complexity index is 819. The van der Waals surface area contributed by atoms with E-state index in [1.165, 1.54) is 0 Å². The lowest BCUT2D eigenvalue weighted by atomic mass is 9.45. The predicted octanol–water partition coefficient (Wildman–Crippen LogP) is 2.63. The molecule has 3 saturated carbocycles. The molecule has 2 heterocycles. The SMILES string of the molecule is C[C@@H]1CC[C@@]2(OC1)O[C@H]1C[C@H]3[C@H]4[C@H]([C@H](O)C[C@]3(C)[C@H]1[C@@H]2CO)[C@@]1(C)CC[C@H](O)CC1=C[C@@H]4O. The first-order valence-electron chi connectivity index (χ1n) is 13.3. The first kappa shape index (κ1) is 22.9. The molecule has 1 spiro atoms. The highest BCUT2D eigenvalue weighted by Crippen LogP contribution is 2.70. The summed E-state index contributed by atoms with van der Waals surface area (Å²) in [6, 6.07) is 0. The average molecular weight is 463 g/mol. The minimum Gasteiger partial charge on any atom is -0.396 e. The molecule has 0 aromatic heterocycles. The van der Waals surface area contributed by atoms with Crippen LogP contribution in [0.2, 0.25) is 0 Å². The molecule has 6 heteroatoms. The van der Waals surface area contributed by atoms with Gasteiger partial charge in [-0.3, -0.25) is 0 Å². The van der Waals surface area contributed by atoms with Gasteiger partial charge in [0.1, 0.15) is 0 Å². The van der Waals surface area contributed by atoms with Crippen molar-refractivity contribution in [3.05, 3.63) is 11.6 Å². The molecule has 6 nitrogen and oxygen atoms in total. The first-order chi connectivity index (χ1) is 15.6. The van der Waals surface area contributed by atoms with Crippen molar-refractivity contribution < 1.29 is 29.9 Å². The molecular formula is C27H42O6. The van der Waals surface area contributed by atoms with Crippen molar-refractivity contribution in [2.75, 3.05) is 13.2 Å². The Morgan fingerprint density at radius 1 is 1.09 bits per heavy atom. The Hall–Kier alpha value is -0.500. The lowest BCUT2D eigenvalue weighted by molar-refractivity contribution is -0.279. The molecule has 6 rings (SSSR count). The van der Waals surface area contributed by atoms with E-state index in [2.05, 4.69) is 20.8 Å². The second-order valence-corrected chi connectivity index (χ2v) is 13.0. The van der Waals surface area contributed by atoms with Gasteiger partial charge in [-0.15, -0.1) is 0 Å². The van der Waals surface area contributed by atoms with Crippen LogP contribution in [-0.4, -0.2) is 63.8 Å². The third-order valence-corrected chi connectivity index (χ3v) is 11.3. The van der Waals surface area contributed by atoms with Crippen LogP contribution >= 0.6 is 0 Å². The average Bonchev–Trinajstić information content (AvgIpc) is 3.21. The molecular weight excluding hydrogens is 420 g/mol. The van der Waals surface area contributed by atoms with Crippen molar-refractivity contribution in [1.82, 2.24) is 0 Å². The van der Waals surface area contributed by atoms with E-state index in [-0.39, 0.29) is 59.2 Å². The minimum atomic E-state index is -0.698. The van der Waals surface area contributed by atoms with Crippen molar-refractivity contribution in [3.8, 4) is 0 Å². The highest BCUT2D eigenvalue weighted by Gasteiger charge is 2.71. The van der Waals surface area contributed by atoms with Gasteiger partial charge in [0.2, 0.25) is 0 Å². The van der Waals surface area contributed by atoms with E-state index < -0.39 is 18.0 Å². The lowest BCUT2D eigenvalue weighted by Gasteiger charge is -2.61. The minimum absolute atomic E-state index is 0.00457. The maximum atomic E-state index is 11.7. The van der Waals surface area contributed by atoms with Crippen LogP contribution in [0.15, 0.2) is 11.6 Å². The van der Waals surface area contributed by atoms with Crippen LogP contribution in [0, 0.1) is 46.3 Å². The normalized spacial score (nSPS) is 60.0. The highest BCUT2D eigenvalue weighted by atomic mass is 16.7. The zero-order chi connectivity index (χ0) is 23.3. The molecule has 2 aliphatic heterocycles. The summed E-state index contributed by atoms with van der Waals surface area (Å²) < 4.78 is 13.1. The Labute approximate surface area is 197 Å². The summed E-state index contributed by atoms with van der Waals surface area (Å²) in [5.74, 6) is 0.0238. The Morgan fingerprint density at radius 2 is 1.88 bits per heavy atom. The summed E-state index contributed by atoms with van der Waals surface area (Å²) >= 11 is 0. The van der Waals surface area contributed by atoms with Crippen molar-refractivity contribution >= 4 is 0 Å². The molecule has 0 aromatic carbocycles. The second-order valence-electron chi connectivity index (χ2n) is 13.0. The van der Waals surface area contributed by atoms with Gasteiger partial charge in [0.25, 0.3) is 0 Å². The van der Waals surface area contributed by atoms with Crippen LogP contribution in [0.5, 0.6) is 0 Å². The summed E-state index contributed by atoms with van der Waals surface area (Å²) in [7, 11) is 0. The van der Waals surface area contributed by atoms with Gasteiger partial charge in [-0.05, 0) is 73.0 Å². The second kappa shape index (κ2) is 7.50. The number of fused-ring (bicyclic) bond motifs is 7. The molecule has 5 fully saturated rings. The summed E-state index contributed by atoms with van der Waals surface area (Å²) in [6.45, 7) is 7.42. The van der Waals surface area contributed by atoms with E-state index in [1.807, 2.05) is 6.08 Å². The molecule has 0 bridgehead atoms. The molecule has 0 aromatic rings. The van der Waals surface area contributed by atoms with Gasteiger partial charge in [-0.1, -0.05) is 32.4 Å². The largest absolute Gasteiger partial charge is 0.396 e. The molecule has 6 aliphatic rings. The van der Waals surface area contributed by atoms with Crippen molar-refractivity contribution in [1.29, 1.82) is 0 Å². The third kappa shape index (κ3) is 3.01. The molecule has 186 valence electrons. The standard InChI is InChI=1S/C27H42O6/c1-14-4-7-27(32-13-14)18(12-28)23-21(33-27)10-17-22-19(30)9-15-8-16(29)5-6-25(15,2)24(22)20(31)11-26(17,23)3/h9,14,16-24,28-31H,4-8,10-13H2,1-3H3/t14-,16+,17+,18+,19+,20-,21+,22-,23+,24+,25+,26+,27-/m1/s1. The van der Waals surface area contributed by atoms with Crippen molar-refractivity contribution in [2.45, 2.75) is 95.9 Å². The fraction of sp³-hybridized carbons (Fsp3) is 0.926. The van der Waals surface area contributed by atoms with Crippen LogP contribution < -0.4 is 0 Å². The van der Waals surface area contributed by atoms with E-state index in [9.17, 15) is 20.4 Å². The molecule has 13 atom stereocenters. The monoisotopic (exact) mass is 462 g/mol. The zero-order valence-corrected chi connectivity index (χ0v) is 20.3. The summed E-state index contributed by atoms with van der Waals surface area (Å²) in [4.78, 5) is 0. The lowest BCUT2D eigenvalue weighted by Crippen LogP contribution is -2.60. The Balaban J connectivity index is 1.36. The van der Waals surface area contributed by atoms with Gasteiger partial charge in [0.15, 0.2) is 5.79 Å². The molecule has 0 unspecified atom stereocenters. The topological polar surface area (TPSA) is 99.4 Å². The van der Waals surface area contributed by atoms with Gasteiger partial charge in [0, 0.05) is 18.3 Å². The molecule has 0 amide bonds. The maximum Gasteiger partial charge on any atom is 0.174 e. The smallest absolute Gasteiger partial charge is 0.174 e. The van der Waals surface area contributed by atoms with Crippen LogP contribution in [0.4, 0.5) is 0 Å². The number of aliphatic hydroxyl groups is 4. The number of ether oxygens (including phenoxy) is 2. The number of hydrogen-bond acceptors (Lipinski definition) is 6. The summed E-state index contributed by atoms with van der Waals surface area (Å²) in [6.07, 6.45) is 6.11. The molecule has 0 radical (unpaired) electrons. The van der Waals surface area contributed by atoms with E-state index >= 15 is 0 Å². The Morgan fingerprint density at radius 3 is 2.58 bits per heavy atom. The molecule has 4 N–H and O–H groups in total. The molecule has 4 aliphatic carbocycles. The predicted molar refractivity (Wildman–Crippen MR) is 122 cm³/mol. The van der Waals surface area contributed by atoms with Crippen molar-refractivity contribution in [2.24, 2.45) is 46.3 Å². The maximum absolute atomic E-state index is 11.7. The first-order valence-corrected chi connectivity index (χ1v) is 13.3. The van der Waals surface area contributed by atoms with Gasteiger partial charge in [0.05, 0.1) is 37.6 Å². The Kier molecular flexibility index (Phi) is 5.21. The fourth-order valence-corrected chi connectivity index (χ4v) is 9.76.